The number of hydrogen-bond acceptors (Lipinski definition) is 2. The highest BCUT2D eigenvalue weighted by Crippen LogP contribution is 2.30. The van der Waals surface area contributed by atoms with E-state index in [2.05, 4.69) is 5.32 Å². The summed E-state index contributed by atoms with van der Waals surface area (Å²) >= 11 is 0. The first-order valence-corrected chi connectivity index (χ1v) is 6.23. The van der Waals surface area contributed by atoms with Crippen molar-refractivity contribution in [3.8, 4) is 0 Å². The van der Waals surface area contributed by atoms with Gasteiger partial charge in [-0.05, 0) is 11.1 Å². The van der Waals surface area contributed by atoms with Gasteiger partial charge >= 0.3 is 0 Å². The first kappa shape index (κ1) is 13.3. The zero-order valence-corrected chi connectivity index (χ0v) is 10.8. The third-order valence-electron chi connectivity index (χ3n) is 3.14. The highest BCUT2D eigenvalue weighted by atomic mass is 16.3. The molecular formula is C16H17NO2. The Balaban J connectivity index is 2.36. The normalized spacial score (nSPS) is 13.6. The molecule has 0 aliphatic rings. The SMILES string of the molecule is CNC(=O)C(c1ccccc1)C(O)c1ccccc1. The van der Waals surface area contributed by atoms with Crippen molar-refractivity contribution in [3.05, 3.63) is 71.8 Å². The molecule has 1 amide bonds. The van der Waals surface area contributed by atoms with Crippen molar-refractivity contribution in [1.29, 1.82) is 0 Å². The van der Waals surface area contributed by atoms with Crippen molar-refractivity contribution in [2.24, 2.45) is 0 Å². The van der Waals surface area contributed by atoms with Gasteiger partial charge in [-0.25, -0.2) is 0 Å². The summed E-state index contributed by atoms with van der Waals surface area (Å²) < 4.78 is 0. The molecule has 2 rings (SSSR count). The van der Waals surface area contributed by atoms with Gasteiger partial charge in [-0.1, -0.05) is 60.7 Å². The number of carbonyl (C=O) groups excluding carboxylic acids is 1. The standard InChI is InChI=1S/C16H17NO2/c1-17-16(19)14(12-8-4-2-5-9-12)15(18)13-10-6-3-7-11-13/h2-11,14-15,18H,1H3,(H,17,19). The van der Waals surface area contributed by atoms with Gasteiger partial charge in [0.1, 0.15) is 0 Å². The molecule has 19 heavy (non-hydrogen) atoms. The van der Waals surface area contributed by atoms with Crippen molar-refractivity contribution < 1.29 is 9.90 Å². The van der Waals surface area contributed by atoms with Crippen LogP contribution in [0.3, 0.4) is 0 Å². The fraction of sp³-hybridized carbons (Fsp3) is 0.188. The maximum atomic E-state index is 12.1. The summed E-state index contributed by atoms with van der Waals surface area (Å²) in [5, 5.41) is 13.1. The molecule has 3 nitrogen and oxygen atoms in total. The van der Waals surface area contributed by atoms with Crippen molar-refractivity contribution in [2.75, 3.05) is 7.05 Å². The van der Waals surface area contributed by atoms with Gasteiger partial charge in [0.25, 0.3) is 0 Å². The number of aliphatic hydroxyl groups is 1. The number of hydrogen-bond donors (Lipinski definition) is 2. The minimum atomic E-state index is -0.858. The van der Waals surface area contributed by atoms with E-state index in [0.717, 1.165) is 11.1 Å². The minimum Gasteiger partial charge on any atom is -0.387 e. The van der Waals surface area contributed by atoms with Gasteiger partial charge in [-0.2, -0.15) is 0 Å². The van der Waals surface area contributed by atoms with Gasteiger partial charge in [0.2, 0.25) is 5.91 Å². The maximum absolute atomic E-state index is 12.1. The summed E-state index contributed by atoms with van der Waals surface area (Å²) in [7, 11) is 1.58. The Bertz CT molecular complexity index is 525. The van der Waals surface area contributed by atoms with E-state index in [1.165, 1.54) is 0 Å². The van der Waals surface area contributed by atoms with Gasteiger partial charge in [0.05, 0.1) is 12.0 Å². The number of benzene rings is 2. The molecule has 2 aromatic carbocycles. The van der Waals surface area contributed by atoms with Crippen LogP contribution in [0.5, 0.6) is 0 Å². The van der Waals surface area contributed by atoms with Crippen molar-refractivity contribution in [3.63, 3.8) is 0 Å². The van der Waals surface area contributed by atoms with Crippen molar-refractivity contribution >= 4 is 5.91 Å². The summed E-state index contributed by atoms with van der Waals surface area (Å²) in [6, 6.07) is 18.6. The molecule has 98 valence electrons. The Kier molecular flexibility index (Phi) is 4.31. The Hall–Kier alpha value is -2.13. The number of amides is 1. The van der Waals surface area contributed by atoms with Gasteiger partial charge in [-0.3, -0.25) is 4.79 Å². The predicted octanol–water partition coefficient (Wildman–Crippen LogP) is 2.25. The van der Waals surface area contributed by atoms with E-state index >= 15 is 0 Å². The summed E-state index contributed by atoms with van der Waals surface area (Å²) in [5.74, 6) is -0.795. The van der Waals surface area contributed by atoms with Crippen LogP contribution in [0.15, 0.2) is 60.7 Å². The van der Waals surface area contributed by atoms with E-state index in [1.54, 1.807) is 7.05 Å². The first-order valence-electron chi connectivity index (χ1n) is 6.23. The lowest BCUT2D eigenvalue weighted by Crippen LogP contribution is -2.30. The molecule has 2 atom stereocenters. The second kappa shape index (κ2) is 6.16. The largest absolute Gasteiger partial charge is 0.387 e. The van der Waals surface area contributed by atoms with Gasteiger partial charge in [0, 0.05) is 7.05 Å². The molecule has 0 bridgehead atoms. The number of aliphatic hydroxyl groups excluding tert-OH is 1. The minimum absolute atomic E-state index is 0.192. The quantitative estimate of drug-likeness (QED) is 0.880. The number of likely N-dealkylation sites (N-methyl/N-ethyl adjacent to an activating group) is 1. The zero-order chi connectivity index (χ0) is 13.7. The molecule has 0 aliphatic carbocycles. The molecule has 0 saturated carbocycles. The molecule has 0 aliphatic heterocycles. The van der Waals surface area contributed by atoms with Crippen LogP contribution in [0.2, 0.25) is 0 Å². The van der Waals surface area contributed by atoms with E-state index in [9.17, 15) is 9.90 Å². The lowest BCUT2D eigenvalue weighted by atomic mass is 9.88. The van der Waals surface area contributed by atoms with E-state index in [0.29, 0.717) is 0 Å². The summed E-state index contributed by atoms with van der Waals surface area (Å²) in [6.07, 6.45) is -0.858. The van der Waals surface area contributed by atoms with Crippen LogP contribution < -0.4 is 5.32 Å². The summed E-state index contributed by atoms with van der Waals surface area (Å²) in [4.78, 5) is 12.1. The highest BCUT2D eigenvalue weighted by molar-refractivity contribution is 5.84. The summed E-state index contributed by atoms with van der Waals surface area (Å²) in [5.41, 5.74) is 1.54. The molecular weight excluding hydrogens is 238 g/mol. The molecule has 0 fully saturated rings. The van der Waals surface area contributed by atoms with E-state index in [4.69, 9.17) is 0 Å². The molecule has 2 aromatic rings. The van der Waals surface area contributed by atoms with Gasteiger partial charge in [0.15, 0.2) is 0 Å². The number of nitrogens with one attached hydrogen (secondary N) is 1. The molecule has 0 spiro atoms. The van der Waals surface area contributed by atoms with Gasteiger partial charge in [-0.15, -0.1) is 0 Å². The molecule has 0 heterocycles. The summed E-state index contributed by atoms with van der Waals surface area (Å²) in [6.45, 7) is 0. The monoisotopic (exact) mass is 255 g/mol. The molecule has 2 unspecified atom stereocenters. The Morgan fingerprint density at radius 3 is 1.89 bits per heavy atom. The fourth-order valence-corrected chi connectivity index (χ4v) is 2.14. The third kappa shape index (κ3) is 3.01. The van der Waals surface area contributed by atoms with Crippen LogP contribution in [-0.2, 0) is 4.79 Å². The molecule has 0 saturated heterocycles. The zero-order valence-electron chi connectivity index (χ0n) is 10.8. The Morgan fingerprint density at radius 2 is 1.42 bits per heavy atom. The average molecular weight is 255 g/mol. The Labute approximate surface area is 112 Å². The highest BCUT2D eigenvalue weighted by Gasteiger charge is 2.28. The van der Waals surface area contributed by atoms with E-state index in [-0.39, 0.29) is 5.91 Å². The molecule has 0 radical (unpaired) electrons. The second-order valence-electron chi connectivity index (χ2n) is 4.36. The average Bonchev–Trinajstić information content (AvgIpc) is 2.49. The van der Waals surface area contributed by atoms with Crippen molar-refractivity contribution in [1.82, 2.24) is 5.32 Å². The molecule has 3 heteroatoms. The molecule has 0 aromatic heterocycles. The lowest BCUT2D eigenvalue weighted by Gasteiger charge is -2.22. The van der Waals surface area contributed by atoms with Crippen LogP contribution >= 0.6 is 0 Å². The second-order valence-corrected chi connectivity index (χ2v) is 4.36. The number of rotatable bonds is 4. The van der Waals surface area contributed by atoms with Gasteiger partial charge < -0.3 is 10.4 Å². The van der Waals surface area contributed by atoms with Crippen LogP contribution in [0.25, 0.3) is 0 Å². The van der Waals surface area contributed by atoms with E-state index in [1.807, 2.05) is 60.7 Å². The van der Waals surface area contributed by atoms with Crippen LogP contribution in [0.1, 0.15) is 23.1 Å². The van der Waals surface area contributed by atoms with E-state index < -0.39 is 12.0 Å². The first-order chi connectivity index (χ1) is 9.24. The van der Waals surface area contributed by atoms with Crippen LogP contribution in [0, 0.1) is 0 Å². The lowest BCUT2D eigenvalue weighted by molar-refractivity contribution is -0.124. The predicted molar refractivity (Wildman–Crippen MR) is 74.7 cm³/mol. The van der Waals surface area contributed by atoms with Crippen molar-refractivity contribution in [2.45, 2.75) is 12.0 Å². The number of carbonyl (C=O) groups is 1. The fourth-order valence-electron chi connectivity index (χ4n) is 2.14. The maximum Gasteiger partial charge on any atom is 0.230 e. The Morgan fingerprint density at radius 1 is 0.947 bits per heavy atom. The van der Waals surface area contributed by atoms with Crippen LogP contribution in [0.4, 0.5) is 0 Å². The van der Waals surface area contributed by atoms with Crippen LogP contribution in [-0.4, -0.2) is 18.1 Å². The smallest absolute Gasteiger partial charge is 0.230 e. The molecule has 2 N–H and O–H groups in total. The third-order valence-corrected chi connectivity index (χ3v) is 3.14. The topological polar surface area (TPSA) is 49.3 Å².